The third kappa shape index (κ3) is 11.9. The number of hydrogen-bond acceptors (Lipinski definition) is 8. The Morgan fingerprint density at radius 1 is 0.452 bits per heavy atom. The molecule has 0 aliphatic heterocycles. The maximum absolute atomic E-state index is 13.2. The van der Waals surface area contributed by atoms with Crippen molar-refractivity contribution in [1.82, 2.24) is 0 Å². The first-order chi connectivity index (χ1) is 35.9. The van der Waals surface area contributed by atoms with Gasteiger partial charge in [-0.15, -0.1) is 5.11 Å². The van der Waals surface area contributed by atoms with Crippen molar-refractivity contribution in [2.75, 3.05) is 0 Å². The zero-order valence-corrected chi connectivity index (χ0v) is 42.1. The number of benzene rings is 8. The van der Waals surface area contributed by atoms with Gasteiger partial charge in [0.1, 0.15) is 11.5 Å². The highest BCUT2D eigenvalue weighted by molar-refractivity contribution is 6.10. The van der Waals surface area contributed by atoms with E-state index in [1.54, 1.807) is 24.3 Å². The summed E-state index contributed by atoms with van der Waals surface area (Å²) in [6.45, 7) is 4.85. The molecule has 0 spiro atoms. The molecule has 0 saturated heterocycles. The highest BCUT2D eigenvalue weighted by Crippen LogP contribution is 2.44. The van der Waals surface area contributed by atoms with Crippen molar-refractivity contribution in [3.8, 4) is 22.6 Å². The van der Waals surface area contributed by atoms with Crippen LogP contribution < -0.4 is 9.47 Å². The zero-order valence-electron chi connectivity index (χ0n) is 42.1. The Kier molecular flexibility index (Phi) is 15.7. The molecule has 368 valence electrons. The minimum Gasteiger partial charge on any atom is -0.423 e. The Bertz CT molecular complexity index is 3220. The SMILES string of the molecule is CCC[C@H]1CC[C@H](c2ccc(C(=O)Oc3ccc(N=NCc4ccc5ccccc5c4-c4c(N=Nc5ccc(OC(=O)c6ccc([C@H]7CC[C@H](CCC)CC7)cc6)cc5)ccc5ccccc45)cc3)cc2)CC1. The fourth-order valence-corrected chi connectivity index (χ4v) is 11.3. The minimum absolute atomic E-state index is 0.303. The van der Waals surface area contributed by atoms with Crippen molar-refractivity contribution in [3.63, 3.8) is 0 Å². The molecule has 8 aromatic rings. The predicted octanol–water partition coefficient (Wildman–Crippen LogP) is 18.9. The molecule has 0 heterocycles. The minimum atomic E-state index is -0.388. The van der Waals surface area contributed by atoms with Crippen LogP contribution in [0.4, 0.5) is 17.1 Å². The Balaban J connectivity index is 0.821. The largest absolute Gasteiger partial charge is 0.423 e. The van der Waals surface area contributed by atoms with Crippen LogP contribution in [-0.4, -0.2) is 11.9 Å². The van der Waals surface area contributed by atoms with Crippen LogP contribution in [0.2, 0.25) is 0 Å². The van der Waals surface area contributed by atoms with Gasteiger partial charge in [-0.3, -0.25) is 0 Å². The molecule has 8 heteroatoms. The molecule has 2 fully saturated rings. The Labute approximate surface area is 429 Å². The molecule has 0 N–H and O–H groups in total. The predicted molar refractivity (Wildman–Crippen MR) is 294 cm³/mol. The van der Waals surface area contributed by atoms with Crippen molar-refractivity contribution in [2.45, 2.75) is 109 Å². The molecule has 2 saturated carbocycles. The molecular formula is C65H64N4O4. The quantitative estimate of drug-likeness (QED) is 0.0547. The summed E-state index contributed by atoms with van der Waals surface area (Å²) in [5.74, 6) is 2.96. The number of ether oxygens (including phenoxy) is 2. The summed E-state index contributed by atoms with van der Waals surface area (Å²) in [5.41, 5.74) is 8.58. The maximum atomic E-state index is 13.2. The first-order valence-electron chi connectivity index (χ1n) is 26.6. The van der Waals surface area contributed by atoms with Gasteiger partial charge in [0.15, 0.2) is 0 Å². The molecule has 10 rings (SSSR count). The molecular weight excluding hydrogens is 901 g/mol. The fraction of sp³-hybridized carbons (Fsp3) is 0.292. The lowest BCUT2D eigenvalue weighted by Gasteiger charge is -2.28. The van der Waals surface area contributed by atoms with E-state index in [1.165, 1.54) is 88.2 Å². The zero-order chi connectivity index (χ0) is 49.9. The van der Waals surface area contributed by atoms with Crippen molar-refractivity contribution in [2.24, 2.45) is 32.3 Å². The molecule has 73 heavy (non-hydrogen) atoms. The number of carbonyl (C=O) groups is 2. The molecule has 8 nitrogen and oxygen atoms in total. The molecule has 0 radical (unpaired) electrons. The summed E-state index contributed by atoms with van der Waals surface area (Å²) in [6.07, 6.45) is 15.2. The van der Waals surface area contributed by atoms with Gasteiger partial charge in [0.05, 0.1) is 34.7 Å². The number of azo groups is 2. The average Bonchev–Trinajstić information content (AvgIpc) is 3.44. The Morgan fingerprint density at radius 3 is 1.40 bits per heavy atom. The second-order valence-electron chi connectivity index (χ2n) is 20.1. The average molecular weight is 965 g/mol. The Morgan fingerprint density at radius 2 is 0.904 bits per heavy atom. The summed E-state index contributed by atoms with van der Waals surface area (Å²) in [4.78, 5) is 26.3. The van der Waals surface area contributed by atoms with E-state index in [4.69, 9.17) is 24.8 Å². The number of fused-ring (bicyclic) bond motifs is 2. The van der Waals surface area contributed by atoms with Gasteiger partial charge in [0.25, 0.3) is 0 Å². The molecule has 0 bridgehead atoms. The number of rotatable bonds is 16. The van der Waals surface area contributed by atoms with E-state index in [1.807, 2.05) is 72.8 Å². The lowest BCUT2D eigenvalue weighted by molar-refractivity contribution is 0.0725. The standard InChI is InChI=1S/C65H64N4O4/c1-3-9-44-15-19-46(20-16-44)48-23-28-52(29-24-48)64(70)72-57-38-34-55(35-39-57)67-66-43-54-32-27-50-11-5-7-13-59(50)62(54)63-60-14-8-6-12-51(60)33-42-61(63)69-68-56-36-40-58(41-37-56)73-65(71)53-30-25-49(26-31-53)47-21-17-45(10-4-2)18-22-47/h5-8,11-14,23-42,44-47H,3-4,9-10,15-22,43H2,1-2H3/t44-,45-,46-,47-. The van der Waals surface area contributed by atoms with Gasteiger partial charge in [-0.05, 0) is 198 Å². The highest BCUT2D eigenvalue weighted by atomic mass is 16.5. The van der Waals surface area contributed by atoms with Crippen LogP contribution in [0.15, 0.2) is 190 Å². The second kappa shape index (κ2) is 23.3. The van der Waals surface area contributed by atoms with E-state index in [2.05, 4.69) is 91.8 Å². The number of hydrogen-bond donors (Lipinski definition) is 0. The topological polar surface area (TPSA) is 102 Å². The molecule has 0 amide bonds. The van der Waals surface area contributed by atoms with Crippen LogP contribution >= 0.6 is 0 Å². The third-order valence-electron chi connectivity index (χ3n) is 15.3. The van der Waals surface area contributed by atoms with Gasteiger partial charge in [-0.25, -0.2) is 9.59 Å². The monoisotopic (exact) mass is 964 g/mol. The molecule has 0 unspecified atom stereocenters. The van der Waals surface area contributed by atoms with Crippen LogP contribution in [-0.2, 0) is 6.54 Å². The lowest BCUT2D eigenvalue weighted by atomic mass is 9.77. The molecule has 2 aliphatic carbocycles. The van der Waals surface area contributed by atoms with Gasteiger partial charge in [0.2, 0.25) is 0 Å². The lowest BCUT2D eigenvalue weighted by Crippen LogP contribution is -2.13. The van der Waals surface area contributed by atoms with Crippen molar-refractivity contribution < 1.29 is 19.1 Å². The normalized spacial score (nSPS) is 18.1. The van der Waals surface area contributed by atoms with Crippen LogP contribution in [0, 0.1) is 11.8 Å². The van der Waals surface area contributed by atoms with E-state index in [0.717, 1.165) is 50.1 Å². The van der Waals surface area contributed by atoms with Crippen LogP contribution in [0.25, 0.3) is 32.7 Å². The van der Waals surface area contributed by atoms with Crippen molar-refractivity contribution in [1.29, 1.82) is 0 Å². The van der Waals surface area contributed by atoms with Gasteiger partial charge >= 0.3 is 11.9 Å². The maximum Gasteiger partial charge on any atom is 0.343 e. The van der Waals surface area contributed by atoms with E-state index in [-0.39, 0.29) is 11.9 Å². The molecule has 2 aliphatic rings. The summed E-state index contributed by atoms with van der Waals surface area (Å²) in [7, 11) is 0. The summed E-state index contributed by atoms with van der Waals surface area (Å²) in [5, 5.41) is 23.2. The number of esters is 2. The summed E-state index contributed by atoms with van der Waals surface area (Å²) in [6, 6.07) is 55.2. The Hall–Kier alpha value is -7.58. The summed E-state index contributed by atoms with van der Waals surface area (Å²) < 4.78 is 11.6. The van der Waals surface area contributed by atoms with Gasteiger partial charge < -0.3 is 9.47 Å². The van der Waals surface area contributed by atoms with Crippen LogP contribution in [0.5, 0.6) is 11.5 Å². The fourth-order valence-electron chi connectivity index (χ4n) is 11.3. The first-order valence-corrected chi connectivity index (χ1v) is 26.6. The van der Waals surface area contributed by atoms with E-state index in [0.29, 0.717) is 58.1 Å². The third-order valence-corrected chi connectivity index (χ3v) is 15.3. The van der Waals surface area contributed by atoms with E-state index < -0.39 is 0 Å². The smallest absolute Gasteiger partial charge is 0.343 e. The first kappa shape index (κ1) is 49.0. The van der Waals surface area contributed by atoms with Gasteiger partial charge in [-0.2, -0.15) is 15.3 Å². The summed E-state index contributed by atoms with van der Waals surface area (Å²) >= 11 is 0. The molecule has 0 atom stereocenters. The number of nitrogens with zero attached hydrogens (tertiary/aromatic N) is 4. The van der Waals surface area contributed by atoms with Gasteiger partial charge in [0, 0.05) is 5.56 Å². The number of carbonyl (C=O) groups excluding carboxylic acids is 2. The molecule has 0 aromatic heterocycles. The van der Waals surface area contributed by atoms with E-state index in [9.17, 15) is 9.59 Å². The van der Waals surface area contributed by atoms with Crippen molar-refractivity contribution >= 4 is 50.5 Å². The highest BCUT2D eigenvalue weighted by Gasteiger charge is 2.24. The van der Waals surface area contributed by atoms with Crippen LogP contribution in [0.1, 0.15) is 140 Å². The van der Waals surface area contributed by atoms with E-state index >= 15 is 0 Å². The van der Waals surface area contributed by atoms with Gasteiger partial charge in [-0.1, -0.05) is 131 Å². The van der Waals surface area contributed by atoms with Crippen LogP contribution in [0.3, 0.4) is 0 Å². The second-order valence-corrected chi connectivity index (χ2v) is 20.1. The van der Waals surface area contributed by atoms with Crippen molar-refractivity contribution in [3.05, 3.63) is 198 Å². The molecule has 8 aromatic carbocycles.